The second-order valence-electron chi connectivity index (χ2n) is 11.2. The van der Waals surface area contributed by atoms with Gasteiger partial charge in [0.1, 0.15) is 13.2 Å². The van der Waals surface area contributed by atoms with Crippen LogP contribution in [0.4, 0.5) is 9.59 Å². The lowest BCUT2D eigenvalue weighted by Crippen LogP contribution is -2.57. The van der Waals surface area contributed by atoms with Crippen LogP contribution >= 0.6 is 10.3 Å². The molecule has 2 atom stereocenters. The predicted octanol–water partition coefficient (Wildman–Crippen LogP) is 4.67. The first kappa shape index (κ1) is 32.2. The molecule has 2 heterocycles. The molecule has 9 nitrogen and oxygen atoms in total. The zero-order chi connectivity index (χ0) is 27.4. The molecule has 0 spiro atoms. The molecule has 2 unspecified atom stereocenters. The van der Waals surface area contributed by atoms with Gasteiger partial charge in [-0.05, 0) is 85.8 Å². The SMILES string of the molecule is CCC1(CCCNC(=O)OCCO)CCS(C)(O[Si]2(C)CCC2(CC)CCCNC(=O)OCCO)CC1. The van der Waals surface area contributed by atoms with Crippen molar-refractivity contribution in [1.82, 2.24) is 10.6 Å². The van der Waals surface area contributed by atoms with Crippen LogP contribution in [-0.4, -0.2) is 88.0 Å². The minimum absolute atomic E-state index is 0.0289. The van der Waals surface area contributed by atoms with Gasteiger partial charge in [-0.2, -0.15) is 10.3 Å². The number of hydrogen-bond acceptors (Lipinski definition) is 7. The van der Waals surface area contributed by atoms with Crippen molar-refractivity contribution in [1.29, 1.82) is 0 Å². The molecule has 2 rings (SSSR count). The fourth-order valence-electron chi connectivity index (χ4n) is 6.13. The van der Waals surface area contributed by atoms with Crippen molar-refractivity contribution in [2.24, 2.45) is 5.41 Å². The molecule has 218 valence electrons. The number of carbonyl (C=O) groups is 2. The van der Waals surface area contributed by atoms with Crippen molar-refractivity contribution in [3.8, 4) is 0 Å². The molecule has 2 aliphatic heterocycles. The van der Waals surface area contributed by atoms with Gasteiger partial charge in [-0.3, -0.25) is 0 Å². The number of aliphatic hydroxyl groups excluding tert-OH is 2. The minimum Gasteiger partial charge on any atom is -0.447 e. The summed E-state index contributed by atoms with van der Waals surface area (Å²) in [5.41, 5.74) is 0.326. The van der Waals surface area contributed by atoms with Crippen LogP contribution < -0.4 is 10.6 Å². The first-order valence-corrected chi connectivity index (χ1v) is 19.0. The topological polar surface area (TPSA) is 126 Å². The largest absolute Gasteiger partial charge is 0.447 e. The molecule has 0 aromatic heterocycles. The Morgan fingerprint density at radius 1 is 0.892 bits per heavy atom. The predicted molar refractivity (Wildman–Crippen MR) is 152 cm³/mol. The smallest absolute Gasteiger partial charge is 0.407 e. The van der Waals surface area contributed by atoms with Gasteiger partial charge < -0.3 is 34.2 Å². The summed E-state index contributed by atoms with van der Waals surface area (Å²) in [6, 6.07) is 1.23. The lowest BCUT2D eigenvalue weighted by molar-refractivity contribution is 0.118. The Kier molecular flexibility index (Phi) is 13.0. The Hall–Kier alpha value is -1.01. The van der Waals surface area contributed by atoms with Crippen LogP contribution in [0.3, 0.4) is 0 Å². The molecular weight excluding hydrogens is 512 g/mol. The molecular formula is C26H52N2O7SSi. The van der Waals surface area contributed by atoms with E-state index in [1.165, 1.54) is 25.3 Å². The first-order chi connectivity index (χ1) is 17.6. The third-order valence-electron chi connectivity index (χ3n) is 9.05. The number of ether oxygens (including phenoxy) is 2. The molecule has 0 bridgehead atoms. The third-order valence-corrected chi connectivity index (χ3v) is 18.6. The fourth-order valence-corrected chi connectivity index (χ4v) is 16.4. The molecule has 4 N–H and O–H groups in total. The summed E-state index contributed by atoms with van der Waals surface area (Å²) in [5.74, 6) is 2.32. The number of aliphatic hydroxyl groups is 2. The molecule has 2 saturated heterocycles. The maximum absolute atomic E-state index is 11.7. The van der Waals surface area contributed by atoms with Crippen LogP contribution in [-0.2, 0) is 13.3 Å². The van der Waals surface area contributed by atoms with Crippen LogP contribution in [0.1, 0.15) is 71.6 Å². The highest BCUT2D eigenvalue weighted by molar-refractivity contribution is 8.30. The van der Waals surface area contributed by atoms with Gasteiger partial charge in [0.05, 0.1) is 13.2 Å². The fraction of sp³-hybridized carbons (Fsp3) is 0.923. The van der Waals surface area contributed by atoms with E-state index >= 15 is 0 Å². The van der Waals surface area contributed by atoms with E-state index in [1.54, 1.807) is 0 Å². The van der Waals surface area contributed by atoms with E-state index in [4.69, 9.17) is 23.6 Å². The van der Waals surface area contributed by atoms with Gasteiger partial charge in [0.2, 0.25) is 8.32 Å². The highest BCUT2D eigenvalue weighted by Crippen LogP contribution is 2.68. The molecule has 0 aromatic rings. The van der Waals surface area contributed by atoms with E-state index in [1.807, 2.05) is 0 Å². The maximum atomic E-state index is 11.7. The average Bonchev–Trinajstić information content (AvgIpc) is 2.89. The lowest BCUT2D eigenvalue weighted by atomic mass is 9.75. The van der Waals surface area contributed by atoms with Crippen LogP contribution in [0.5, 0.6) is 0 Å². The third kappa shape index (κ3) is 9.01. The van der Waals surface area contributed by atoms with Crippen molar-refractivity contribution in [2.45, 2.75) is 89.3 Å². The van der Waals surface area contributed by atoms with Crippen molar-refractivity contribution in [2.75, 3.05) is 57.3 Å². The Morgan fingerprint density at radius 3 is 1.86 bits per heavy atom. The Balaban J connectivity index is 1.82. The number of carbonyl (C=O) groups excluding carboxylic acids is 2. The zero-order valence-corrected chi connectivity index (χ0v) is 25.4. The summed E-state index contributed by atoms with van der Waals surface area (Å²) in [6.07, 6.45) is 11.4. The van der Waals surface area contributed by atoms with Gasteiger partial charge in [-0.1, -0.05) is 26.7 Å². The van der Waals surface area contributed by atoms with Crippen LogP contribution in [0.15, 0.2) is 0 Å². The highest BCUT2D eigenvalue weighted by atomic mass is 32.3. The van der Waals surface area contributed by atoms with E-state index in [9.17, 15) is 9.59 Å². The highest BCUT2D eigenvalue weighted by Gasteiger charge is 2.60. The number of amides is 2. The molecule has 0 radical (unpaired) electrons. The van der Waals surface area contributed by atoms with Gasteiger partial charge in [0.25, 0.3) is 0 Å². The van der Waals surface area contributed by atoms with Gasteiger partial charge in [0, 0.05) is 13.1 Å². The maximum Gasteiger partial charge on any atom is 0.407 e. The monoisotopic (exact) mass is 564 g/mol. The Labute approximate surface area is 226 Å². The Morgan fingerprint density at radius 2 is 1.43 bits per heavy atom. The molecule has 0 saturated carbocycles. The second-order valence-corrected chi connectivity index (χ2v) is 19.0. The van der Waals surface area contributed by atoms with Gasteiger partial charge >= 0.3 is 12.2 Å². The molecule has 2 aliphatic rings. The molecule has 0 aromatic carbocycles. The molecule has 2 amide bonds. The summed E-state index contributed by atoms with van der Waals surface area (Å²) in [5, 5.41) is 23.4. The number of nitrogens with one attached hydrogen (secondary N) is 2. The molecule has 2 fully saturated rings. The normalized spacial score (nSPS) is 33.0. The van der Waals surface area contributed by atoms with E-state index in [0.29, 0.717) is 18.5 Å². The number of alkyl carbamates (subject to hydrolysis) is 2. The second kappa shape index (κ2) is 15.0. The number of hydrogen-bond donors (Lipinski definition) is 4. The summed E-state index contributed by atoms with van der Waals surface area (Å²) in [7, 11) is -2.96. The van der Waals surface area contributed by atoms with Crippen LogP contribution in [0.25, 0.3) is 0 Å². The van der Waals surface area contributed by atoms with Crippen LogP contribution in [0.2, 0.25) is 17.6 Å². The standard InChI is InChI=1S/C26H52N2O7SSi/c1-5-25(9-7-14-27-23(31)33-18-16-29)11-20-36(3,21-12-25)35-37(4)22-13-26(37,6-2)10-8-15-28-24(32)34-19-17-30/h29-30H,5-22H2,1-4H3,(H,27,31)(H,28,32). The molecule has 11 heteroatoms. The van der Waals surface area contributed by atoms with Crippen molar-refractivity contribution >= 4 is 30.8 Å². The van der Waals surface area contributed by atoms with Crippen LogP contribution in [0, 0.1) is 5.41 Å². The summed E-state index contributed by atoms with van der Waals surface area (Å²) in [4.78, 5) is 23.2. The minimum atomic E-state index is -1.86. The first-order valence-electron chi connectivity index (χ1n) is 14.1. The average molecular weight is 565 g/mol. The van der Waals surface area contributed by atoms with Gasteiger partial charge in [-0.15, -0.1) is 0 Å². The van der Waals surface area contributed by atoms with E-state index in [2.05, 4.69) is 37.3 Å². The summed E-state index contributed by atoms with van der Waals surface area (Å²) in [6.45, 7) is 7.98. The summed E-state index contributed by atoms with van der Waals surface area (Å²) < 4.78 is 17.0. The molecule has 0 aliphatic carbocycles. The van der Waals surface area contributed by atoms with E-state index in [-0.39, 0.29) is 31.5 Å². The number of rotatable bonds is 16. The Bertz CT molecular complexity index is 719. The molecule has 37 heavy (non-hydrogen) atoms. The lowest BCUT2D eigenvalue weighted by Gasteiger charge is -2.61. The summed E-state index contributed by atoms with van der Waals surface area (Å²) >= 11 is 0. The van der Waals surface area contributed by atoms with Crippen molar-refractivity contribution in [3.63, 3.8) is 0 Å². The van der Waals surface area contributed by atoms with Gasteiger partial charge in [-0.25, -0.2) is 9.59 Å². The quantitative estimate of drug-likeness (QED) is 0.159. The van der Waals surface area contributed by atoms with E-state index < -0.39 is 30.8 Å². The van der Waals surface area contributed by atoms with E-state index in [0.717, 1.165) is 50.0 Å². The van der Waals surface area contributed by atoms with Crippen molar-refractivity contribution in [3.05, 3.63) is 0 Å². The van der Waals surface area contributed by atoms with Crippen molar-refractivity contribution < 1.29 is 33.1 Å². The zero-order valence-electron chi connectivity index (χ0n) is 23.6. The van der Waals surface area contributed by atoms with Gasteiger partial charge in [0.15, 0.2) is 0 Å².